The van der Waals surface area contributed by atoms with Gasteiger partial charge in [0.05, 0.1) is 12.8 Å². The van der Waals surface area contributed by atoms with E-state index in [1.165, 1.54) is 32.4 Å². The van der Waals surface area contributed by atoms with Crippen molar-refractivity contribution in [2.45, 2.75) is 25.7 Å². The van der Waals surface area contributed by atoms with Crippen molar-refractivity contribution >= 4 is 6.21 Å². The van der Waals surface area contributed by atoms with Gasteiger partial charge in [0.2, 0.25) is 0 Å². The topological polar surface area (TPSA) is 50.9 Å². The molecule has 104 valence electrons. The molecule has 2 rings (SSSR count). The van der Waals surface area contributed by atoms with Crippen LogP contribution in [0.5, 0.6) is 5.75 Å². The van der Waals surface area contributed by atoms with E-state index in [0.717, 1.165) is 30.9 Å². The maximum absolute atomic E-state index is 5.81. The zero-order chi connectivity index (χ0) is 13.3. The van der Waals surface area contributed by atoms with E-state index in [1.54, 1.807) is 6.21 Å². The van der Waals surface area contributed by atoms with E-state index in [1.807, 2.05) is 24.3 Å². The van der Waals surface area contributed by atoms with Gasteiger partial charge >= 0.3 is 0 Å². The van der Waals surface area contributed by atoms with Gasteiger partial charge in [-0.3, -0.25) is 0 Å². The number of ether oxygens (including phenoxy) is 1. The molecule has 0 aliphatic carbocycles. The number of piperidine rings is 1. The largest absolute Gasteiger partial charge is 0.493 e. The van der Waals surface area contributed by atoms with Crippen LogP contribution in [-0.2, 0) is 0 Å². The summed E-state index contributed by atoms with van der Waals surface area (Å²) < 4.78 is 5.81. The first kappa shape index (κ1) is 13.9. The van der Waals surface area contributed by atoms with E-state index in [9.17, 15) is 0 Å². The maximum Gasteiger partial charge on any atom is 0.128 e. The second-order valence-electron chi connectivity index (χ2n) is 4.92. The fraction of sp³-hybridized carbons (Fsp3) is 0.533. The average molecular weight is 261 g/mol. The summed E-state index contributed by atoms with van der Waals surface area (Å²) in [6, 6.07) is 7.83. The smallest absolute Gasteiger partial charge is 0.128 e. The lowest BCUT2D eigenvalue weighted by atomic mass is 10.1. The molecule has 0 bridgehead atoms. The molecule has 0 spiro atoms. The Morgan fingerprint density at radius 3 is 2.79 bits per heavy atom. The van der Waals surface area contributed by atoms with E-state index >= 15 is 0 Å². The van der Waals surface area contributed by atoms with E-state index in [-0.39, 0.29) is 0 Å². The summed E-state index contributed by atoms with van der Waals surface area (Å²) in [6.45, 7) is 4.37. The van der Waals surface area contributed by atoms with Crippen LogP contribution in [0.2, 0.25) is 0 Å². The van der Waals surface area contributed by atoms with Crippen LogP contribution in [0.25, 0.3) is 0 Å². The molecule has 1 aromatic carbocycles. The number of nitrogens with two attached hydrogens (primary N) is 1. The Morgan fingerprint density at radius 1 is 1.21 bits per heavy atom. The number of hydrogen-bond acceptors (Lipinski definition) is 4. The molecule has 0 aromatic heterocycles. The lowest BCUT2D eigenvalue weighted by Gasteiger charge is -2.26. The number of hydrazone groups is 1. The zero-order valence-electron chi connectivity index (χ0n) is 11.4. The van der Waals surface area contributed by atoms with Crippen molar-refractivity contribution in [1.82, 2.24) is 4.90 Å². The Balaban J connectivity index is 1.73. The Labute approximate surface area is 115 Å². The number of likely N-dealkylation sites (tertiary alicyclic amines) is 1. The summed E-state index contributed by atoms with van der Waals surface area (Å²) in [5.41, 5.74) is 0.933. The van der Waals surface area contributed by atoms with Crippen LogP contribution in [0.15, 0.2) is 29.4 Å². The van der Waals surface area contributed by atoms with Gasteiger partial charge in [0, 0.05) is 12.1 Å². The fourth-order valence-corrected chi connectivity index (χ4v) is 2.45. The van der Waals surface area contributed by atoms with Crippen LogP contribution in [-0.4, -0.2) is 37.4 Å². The summed E-state index contributed by atoms with van der Waals surface area (Å²) in [4.78, 5) is 2.53. The third-order valence-electron chi connectivity index (χ3n) is 3.46. The summed E-state index contributed by atoms with van der Waals surface area (Å²) in [5, 5.41) is 3.56. The van der Waals surface area contributed by atoms with Crippen molar-refractivity contribution in [3.8, 4) is 5.75 Å². The van der Waals surface area contributed by atoms with Crippen LogP contribution >= 0.6 is 0 Å². The van der Waals surface area contributed by atoms with Gasteiger partial charge in [-0.1, -0.05) is 18.6 Å². The van der Waals surface area contributed by atoms with Crippen molar-refractivity contribution in [2.24, 2.45) is 10.9 Å². The minimum absolute atomic E-state index is 0.742. The normalized spacial score (nSPS) is 16.8. The zero-order valence-corrected chi connectivity index (χ0v) is 11.4. The highest BCUT2D eigenvalue weighted by atomic mass is 16.5. The molecule has 4 nitrogen and oxygen atoms in total. The maximum atomic E-state index is 5.81. The van der Waals surface area contributed by atoms with Gasteiger partial charge < -0.3 is 15.5 Å². The molecule has 1 aromatic rings. The van der Waals surface area contributed by atoms with Gasteiger partial charge in [0.1, 0.15) is 5.75 Å². The number of benzene rings is 1. The number of rotatable bonds is 6. The summed E-state index contributed by atoms with van der Waals surface area (Å²) in [6.07, 6.45) is 6.76. The molecule has 1 fully saturated rings. The lowest BCUT2D eigenvalue weighted by Crippen LogP contribution is -2.31. The summed E-state index contributed by atoms with van der Waals surface area (Å²) in [5.74, 6) is 6.05. The molecule has 0 radical (unpaired) electrons. The molecule has 2 N–H and O–H groups in total. The molecule has 19 heavy (non-hydrogen) atoms. The predicted octanol–water partition coefficient (Wildman–Crippen LogP) is 2.23. The summed E-state index contributed by atoms with van der Waals surface area (Å²) in [7, 11) is 0. The Hall–Kier alpha value is -1.55. The Kier molecular flexibility index (Phi) is 5.69. The van der Waals surface area contributed by atoms with Crippen molar-refractivity contribution in [2.75, 3.05) is 26.2 Å². The van der Waals surface area contributed by atoms with Gasteiger partial charge in [-0.2, -0.15) is 5.10 Å². The molecule has 4 heteroatoms. The first-order valence-electron chi connectivity index (χ1n) is 7.07. The van der Waals surface area contributed by atoms with Gasteiger partial charge in [-0.05, 0) is 44.5 Å². The SMILES string of the molecule is NN=Cc1ccccc1OCCCN1CCCCC1. The fourth-order valence-electron chi connectivity index (χ4n) is 2.45. The highest BCUT2D eigenvalue weighted by molar-refractivity contribution is 5.83. The first-order chi connectivity index (χ1) is 9.40. The van der Waals surface area contributed by atoms with E-state index in [0.29, 0.717) is 0 Å². The van der Waals surface area contributed by atoms with Crippen molar-refractivity contribution in [3.05, 3.63) is 29.8 Å². The second-order valence-corrected chi connectivity index (χ2v) is 4.92. The first-order valence-corrected chi connectivity index (χ1v) is 7.07. The molecular weight excluding hydrogens is 238 g/mol. The third-order valence-corrected chi connectivity index (χ3v) is 3.46. The van der Waals surface area contributed by atoms with Crippen LogP contribution < -0.4 is 10.6 Å². The second kappa shape index (κ2) is 7.79. The molecule has 0 amide bonds. The monoisotopic (exact) mass is 261 g/mol. The Morgan fingerprint density at radius 2 is 2.00 bits per heavy atom. The number of nitrogens with zero attached hydrogens (tertiary/aromatic N) is 2. The molecule has 1 saturated heterocycles. The van der Waals surface area contributed by atoms with Crippen molar-refractivity contribution < 1.29 is 4.74 Å². The molecular formula is C15H23N3O. The quantitative estimate of drug-likeness (QED) is 0.370. The molecule has 0 saturated carbocycles. The van der Waals surface area contributed by atoms with Crippen molar-refractivity contribution in [1.29, 1.82) is 0 Å². The molecule has 1 aliphatic rings. The van der Waals surface area contributed by atoms with E-state index < -0.39 is 0 Å². The van der Waals surface area contributed by atoms with Gasteiger partial charge in [-0.15, -0.1) is 0 Å². The third kappa shape index (κ3) is 4.56. The molecule has 1 heterocycles. The predicted molar refractivity (Wildman–Crippen MR) is 78.6 cm³/mol. The highest BCUT2D eigenvalue weighted by Gasteiger charge is 2.09. The number of hydrogen-bond donors (Lipinski definition) is 1. The highest BCUT2D eigenvalue weighted by Crippen LogP contribution is 2.16. The van der Waals surface area contributed by atoms with E-state index in [4.69, 9.17) is 10.6 Å². The van der Waals surface area contributed by atoms with Crippen molar-refractivity contribution in [3.63, 3.8) is 0 Å². The average Bonchev–Trinajstić information content (AvgIpc) is 2.47. The molecule has 0 unspecified atom stereocenters. The minimum Gasteiger partial charge on any atom is -0.493 e. The summed E-state index contributed by atoms with van der Waals surface area (Å²) >= 11 is 0. The molecule has 1 aliphatic heterocycles. The minimum atomic E-state index is 0.742. The van der Waals surface area contributed by atoms with Gasteiger partial charge in [0.15, 0.2) is 0 Å². The van der Waals surface area contributed by atoms with Crippen LogP contribution in [0.3, 0.4) is 0 Å². The lowest BCUT2D eigenvalue weighted by molar-refractivity contribution is 0.205. The van der Waals surface area contributed by atoms with E-state index in [2.05, 4.69) is 10.0 Å². The Bertz CT molecular complexity index is 400. The molecule has 0 atom stereocenters. The van der Waals surface area contributed by atoms with Gasteiger partial charge in [0.25, 0.3) is 0 Å². The van der Waals surface area contributed by atoms with Gasteiger partial charge in [-0.25, -0.2) is 0 Å². The van der Waals surface area contributed by atoms with Crippen LogP contribution in [0, 0.1) is 0 Å². The standard InChI is InChI=1S/C15H23N3O/c16-17-13-14-7-2-3-8-15(14)19-12-6-11-18-9-4-1-5-10-18/h2-3,7-8,13H,1,4-6,9-12,16H2. The van der Waals surface area contributed by atoms with Crippen LogP contribution in [0.4, 0.5) is 0 Å². The van der Waals surface area contributed by atoms with Crippen LogP contribution in [0.1, 0.15) is 31.2 Å². The number of para-hydroxylation sites is 1.